The van der Waals surface area contributed by atoms with Crippen LogP contribution < -0.4 is 5.32 Å². The number of carbonyl (C=O) groups excluding carboxylic acids is 1. The zero-order valence-corrected chi connectivity index (χ0v) is 11.4. The van der Waals surface area contributed by atoms with Crippen LogP contribution in [0.2, 0.25) is 0 Å². The van der Waals surface area contributed by atoms with Crippen LogP contribution >= 0.6 is 11.3 Å². The Labute approximate surface area is 122 Å². The molecule has 9 nitrogen and oxygen atoms in total. The number of nitrogens with zero attached hydrogens (tertiary/aromatic N) is 3. The second-order valence-electron chi connectivity index (χ2n) is 3.99. The normalized spacial score (nSPS) is 10.3. The molecular formula is C11H10N4O5S. The first-order chi connectivity index (χ1) is 9.97. The van der Waals surface area contributed by atoms with Crippen molar-refractivity contribution in [2.24, 2.45) is 0 Å². The summed E-state index contributed by atoms with van der Waals surface area (Å²) >= 11 is 1.11. The molecule has 0 unspecified atom stereocenters. The van der Waals surface area contributed by atoms with Crippen molar-refractivity contribution in [1.82, 2.24) is 9.55 Å². The third-order valence-corrected chi connectivity index (χ3v) is 3.38. The first-order valence-electron chi connectivity index (χ1n) is 5.74. The number of hydrogen-bond donors (Lipinski definition) is 2. The molecule has 2 heterocycles. The molecule has 21 heavy (non-hydrogen) atoms. The van der Waals surface area contributed by atoms with Crippen molar-refractivity contribution in [2.45, 2.75) is 13.0 Å². The number of aromatic nitrogens is 2. The summed E-state index contributed by atoms with van der Waals surface area (Å²) in [6.45, 7) is 0.209. The van der Waals surface area contributed by atoms with E-state index in [0.717, 1.165) is 11.3 Å². The molecule has 0 aliphatic carbocycles. The van der Waals surface area contributed by atoms with Gasteiger partial charge in [0.15, 0.2) is 0 Å². The van der Waals surface area contributed by atoms with Gasteiger partial charge in [0.2, 0.25) is 12.2 Å². The zero-order valence-electron chi connectivity index (χ0n) is 10.6. The molecule has 0 aliphatic rings. The molecule has 0 radical (unpaired) electrons. The number of carboxylic acid groups (broad SMARTS) is 1. The molecule has 0 saturated heterocycles. The molecule has 110 valence electrons. The number of aryl methyl sites for hydroxylation is 1. The molecule has 0 aromatic carbocycles. The fraction of sp³-hybridized carbons (Fsp3) is 0.182. The topological polar surface area (TPSA) is 127 Å². The monoisotopic (exact) mass is 310 g/mol. The number of hydrogen-bond acceptors (Lipinski definition) is 6. The molecule has 10 heteroatoms. The van der Waals surface area contributed by atoms with E-state index in [2.05, 4.69) is 10.3 Å². The van der Waals surface area contributed by atoms with E-state index in [1.165, 1.54) is 23.2 Å². The molecule has 0 saturated carbocycles. The Bertz CT molecular complexity index is 692. The van der Waals surface area contributed by atoms with Crippen LogP contribution in [0.4, 0.5) is 10.8 Å². The van der Waals surface area contributed by atoms with E-state index in [1.54, 1.807) is 5.38 Å². The van der Waals surface area contributed by atoms with E-state index >= 15 is 0 Å². The molecule has 0 bridgehead atoms. The van der Waals surface area contributed by atoms with E-state index in [0.29, 0.717) is 0 Å². The molecule has 2 aromatic rings. The number of nitrogens with one attached hydrogen (secondary N) is 1. The SMILES string of the molecule is O=C(CCn1cnc([N+](=O)[O-])c1)Nc1sccc1C(=O)O. The fourth-order valence-corrected chi connectivity index (χ4v) is 2.35. The third kappa shape index (κ3) is 3.63. The first kappa shape index (κ1) is 14.7. The van der Waals surface area contributed by atoms with E-state index in [4.69, 9.17) is 5.11 Å². The van der Waals surface area contributed by atoms with Gasteiger partial charge in [0.05, 0.1) is 5.56 Å². The van der Waals surface area contributed by atoms with Crippen molar-refractivity contribution < 1.29 is 19.6 Å². The van der Waals surface area contributed by atoms with Gasteiger partial charge in [-0.3, -0.25) is 4.79 Å². The van der Waals surface area contributed by atoms with Gasteiger partial charge in [0.25, 0.3) is 0 Å². The Hall–Kier alpha value is -2.75. The smallest absolute Gasteiger partial charge is 0.381 e. The van der Waals surface area contributed by atoms with Gasteiger partial charge in [-0.2, -0.15) is 0 Å². The predicted octanol–water partition coefficient (Wildman–Crippen LogP) is 1.58. The van der Waals surface area contributed by atoms with Crippen molar-refractivity contribution in [2.75, 3.05) is 5.32 Å². The number of carboxylic acids is 1. The average Bonchev–Trinajstić information content (AvgIpc) is 3.04. The number of anilines is 1. The summed E-state index contributed by atoms with van der Waals surface area (Å²) in [4.78, 5) is 36.0. The van der Waals surface area contributed by atoms with Gasteiger partial charge >= 0.3 is 11.8 Å². The van der Waals surface area contributed by atoms with Crippen molar-refractivity contribution in [3.05, 3.63) is 39.6 Å². The lowest BCUT2D eigenvalue weighted by molar-refractivity contribution is -0.389. The van der Waals surface area contributed by atoms with Crippen LogP contribution in [0.5, 0.6) is 0 Å². The molecule has 2 rings (SSSR count). The molecule has 2 aromatic heterocycles. The lowest BCUT2D eigenvalue weighted by atomic mass is 10.3. The van der Waals surface area contributed by atoms with Crippen LogP contribution in [0.1, 0.15) is 16.8 Å². The maximum absolute atomic E-state index is 11.7. The maximum Gasteiger partial charge on any atom is 0.381 e. The number of carbonyl (C=O) groups is 2. The minimum absolute atomic E-state index is 0.0339. The quantitative estimate of drug-likeness (QED) is 0.616. The van der Waals surface area contributed by atoms with Crippen LogP contribution in [0.15, 0.2) is 24.0 Å². The van der Waals surface area contributed by atoms with E-state index in [-0.39, 0.29) is 35.3 Å². The van der Waals surface area contributed by atoms with Crippen molar-refractivity contribution in [3.8, 4) is 0 Å². The summed E-state index contributed by atoms with van der Waals surface area (Å²) in [5.74, 6) is -1.78. The van der Waals surface area contributed by atoms with E-state index in [9.17, 15) is 19.7 Å². The highest BCUT2D eigenvalue weighted by Crippen LogP contribution is 2.23. The number of nitro groups is 1. The Balaban J connectivity index is 1.91. The van der Waals surface area contributed by atoms with Crippen molar-refractivity contribution >= 4 is 34.0 Å². The van der Waals surface area contributed by atoms with Crippen molar-refractivity contribution in [1.29, 1.82) is 0 Å². The largest absolute Gasteiger partial charge is 0.478 e. The Morgan fingerprint density at radius 1 is 1.52 bits per heavy atom. The van der Waals surface area contributed by atoms with Gasteiger partial charge < -0.3 is 25.1 Å². The van der Waals surface area contributed by atoms with Gasteiger partial charge in [-0.05, 0) is 21.4 Å². The Morgan fingerprint density at radius 3 is 2.90 bits per heavy atom. The highest BCUT2D eigenvalue weighted by atomic mass is 32.1. The van der Waals surface area contributed by atoms with Gasteiger partial charge in [-0.25, -0.2) is 4.79 Å². The lowest BCUT2D eigenvalue weighted by Gasteiger charge is -2.04. The molecular weight excluding hydrogens is 300 g/mol. The third-order valence-electron chi connectivity index (χ3n) is 2.55. The standard InChI is InChI=1S/C11H10N4O5S/c16-9(13-10-7(11(17)18)2-4-21-10)1-3-14-5-8(12-6-14)15(19)20/h2,4-6H,1,3H2,(H,13,16)(H,17,18). The number of imidazole rings is 1. The van der Waals surface area contributed by atoms with Crippen LogP contribution in [0, 0.1) is 10.1 Å². The second kappa shape index (κ2) is 6.13. The maximum atomic E-state index is 11.7. The predicted molar refractivity (Wildman–Crippen MR) is 73.4 cm³/mol. The minimum Gasteiger partial charge on any atom is -0.478 e. The highest BCUT2D eigenvalue weighted by molar-refractivity contribution is 7.14. The average molecular weight is 310 g/mol. The highest BCUT2D eigenvalue weighted by Gasteiger charge is 2.14. The summed E-state index contributed by atoms with van der Waals surface area (Å²) < 4.78 is 1.42. The summed E-state index contributed by atoms with van der Waals surface area (Å²) in [6, 6.07) is 1.40. The number of amides is 1. The van der Waals surface area contributed by atoms with Gasteiger partial charge in [0, 0.05) is 13.0 Å². The van der Waals surface area contributed by atoms with E-state index < -0.39 is 10.9 Å². The molecule has 0 aliphatic heterocycles. The molecule has 2 N–H and O–H groups in total. The zero-order chi connectivity index (χ0) is 15.4. The van der Waals surface area contributed by atoms with Crippen molar-refractivity contribution in [3.63, 3.8) is 0 Å². The van der Waals surface area contributed by atoms with Gasteiger partial charge in [-0.15, -0.1) is 11.3 Å². The van der Waals surface area contributed by atoms with Crippen LogP contribution in [-0.4, -0.2) is 31.5 Å². The van der Waals surface area contributed by atoms with Gasteiger partial charge in [0.1, 0.15) is 11.2 Å². The molecule has 0 spiro atoms. The Morgan fingerprint density at radius 2 is 2.29 bits per heavy atom. The van der Waals surface area contributed by atoms with Crippen LogP contribution in [0.3, 0.4) is 0 Å². The second-order valence-corrected chi connectivity index (χ2v) is 4.91. The number of aromatic carboxylic acids is 1. The first-order valence-corrected chi connectivity index (χ1v) is 6.62. The van der Waals surface area contributed by atoms with Crippen LogP contribution in [0.25, 0.3) is 0 Å². The summed E-state index contributed by atoms with van der Waals surface area (Å²) in [6.07, 6.45) is 2.53. The summed E-state index contributed by atoms with van der Waals surface area (Å²) in [5.41, 5.74) is 0.0339. The fourth-order valence-electron chi connectivity index (χ4n) is 1.56. The molecule has 0 fully saturated rings. The summed E-state index contributed by atoms with van der Waals surface area (Å²) in [7, 11) is 0. The van der Waals surface area contributed by atoms with E-state index in [1.807, 2.05) is 0 Å². The Kier molecular flexibility index (Phi) is 4.28. The number of rotatable bonds is 6. The van der Waals surface area contributed by atoms with Gasteiger partial charge in [-0.1, -0.05) is 0 Å². The van der Waals surface area contributed by atoms with Crippen LogP contribution in [-0.2, 0) is 11.3 Å². The minimum atomic E-state index is -1.11. The number of thiophene rings is 1. The summed E-state index contributed by atoms with van der Waals surface area (Å²) in [5, 5.41) is 23.7. The lowest BCUT2D eigenvalue weighted by Crippen LogP contribution is -2.15. The molecule has 1 amide bonds. The molecule has 0 atom stereocenters.